The molecule has 1 aromatic heterocycles. The zero-order valence-electron chi connectivity index (χ0n) is 9.93. The quantitative estimate of drug-likeness (QED) is 0.860. The van der Waals surface area contributed by atoms with E-state index in [1.165, 1.54) is 0 Å². The summed E-state index contributed by atoms with van der Waals surface area (Å²) in [5, 5.41) is 0. The van der Waals surface area contributed by atoms with Gasteiger partial charge >= 0.3 is 0 Å². The van der Waals surface area contributed by atoms with Crippen LogP contribution < -0.4 is 10.5 Å². The van der Waals surface area contributed by atoms with Crippen LogP contribution >= 0.6 is 0 Å². The Morgan fingerprint density at radius 3 is 2.76 bits per heavy atom. The number of nitrogens with two attached hydrogens (primary N) is 1. The maximum atomic E-state index is 5.98. The van der Waals surface area contributed by atoms with Gasteiger partial charge in [-0.15, -0.1) is 0 Å². The summed E-state index contributed by atoms with van der Waals surface area (Å²) >= 11 is 0. The lowest BCUT2D eigenvalue weighted by Gasteiger charge is -2.13. The molecule has 0 fully saturated rings. The molecule has 0 radical (unpaired) electrons. The largest absolute Gasteiger partial charge is 0.492 e. The number of furan rings is 1. The summed E-state index contributed by atoms with van der Waals surface area (Å²) in [5.41, 5.74) is 7.10. The molecule has 2 N–H and O–H groups in total. The minimum atomic E-state index is -0.0549. The Morgan fingerprint density at radius 1 is 1.24 bits per heavy atom. The molecular formula is C14H17NO2. The van der Waals surface area contributed by atoms with Crippen molar-refractivity contribution in [2.45, 2.75) is 19.4 Å². The first-order chi connectivity index (χ1) is 8.25. The standard InChI is InChI=1S/C14H17NO2/c1-11-5-2-3-7-14(11)17-10-12(15)9-13-6-4-8-16-13/h2-8,12H,9-10,15H2,1H3. The van der Waals surface area contributed by atoms with Crippen LogP contribution in [0.25, 0.3) is 0 Å². The molecule has 3 heteroatoms. The molecule has 0 aliphatic heterocycles. The van der Waals surface area contributed by atoms with Crippen molar-refractivity contribution in [2.24, 2.45) is 5.73 Å². The Labute approximate surface area is 101 Å². The summed E-state index contributed by atoms with van der Waals surface area (Å²) < 4.78 is 10.9. The summed E-state index contributed by atoms with van der Waals surface area (Å²) in [5.74, 6) is 1.79. The molecular weight excluding hydrogens is 214 g/mol. The zero-order valence-corrected chi connectivity index (χ0v) is 9.93. The third-order valence-electron chi connectivity index (χ3n) is 2.59. The van der Waals surface area contributed by atoms with Gasteiger partial charge in [-0.25, -0.2) is 0 Å². The van der Waals surface area contributed by atoms with E-state index in [-0.39, 0.29) is 6.04 Å². The van der Waals surface area contributed by atoms with Gasteiger partial charge in [-0.3, -0.25) is 0 Å². The van der Waals surface area contributed by atoms with E-state index in [0.29, 0.717) is 13.0 Å². The van der Waals surface area contributed by atoms with E-state index < -0.39 is 0 Å². The van der Waals surface area contributed by atoms with Crippen LogP contribution in [0, 0.1) is 6.92 Å². The lowest BCUT2D eigenvalue weighted by atomic mass is 10.2. The minimum Gasteiger partial charge on any atom is -0.492 e. The predicted molar refractivity (Wildman–Crippen MR) is 67.1 cm³/mol. The van der Waals surface area contributed by atoms with Crippen LogP contribution in [0.4, 0.5) is 0 Å². The van der Waals surface area contributed by atoms with E-state index in [4.69, 9.17) is 14.9 Å². The molecule has 0 amide bonds. The molecule has 0 spiro atoms. The van der Waals surface area contributed by atoms with Crippen LogP contribution in [0.1, 0.15) is 11.3 Å². The van der Waals surface area contributed by atoms with Gasteiger partial charge in [0.1, 0.15) is 18.1 Å². The zero-order chi connectivity index (χ0) is 12.1. The molecule has 3 nitrogen and oxygen atoms in total. The predicted octanol–water partition coefficient (Wildman–Crippen LogP) is 2.54. The Hall–Kier alpha value is -1.74. The van der Waals surface area contributed by atoms with Crippen molar-refractivity contribution in [1.29, 1.82) is 0 Å². The second-order valence-corrected chi connectivity index (χ2v) is 4.12. The SMILES string of the molecule is Cc1ccccc1OCC(N)Cc1ccco1. The number of ether oxygens (including phenoxy) is 1. The van der Waals surface area contributed by atoms with E-state index in [0.717, 1.165) is 17.1 Å². The van der Waals surface area contributed by atoms with Crippen molar-refractivity contribution >= 4 is 0 Å². The van der Waals surface area contributed by atoms with Crippen molar-refractivity contribution in [3.8, 4) is 5.75 Å². The fraction of sp³-hybridized carbons (Fsp3) is 0.286. The van der Waals surface area contributed by atoms with Crippen LogP contribution in [0.3, 0.4) is 0 Å². The first-order valence-corrected chi connectivity index (χ1v) is 5.72. The number of rotatable bonds is 5. The topological polar surface area (TPSA) is 48.4 Å². The monoisotopic (exact) mass is 231 g/mol. The molecule has 90 valence electrons. The highest BCUT2D eigenvalue weighted by molar-refractivity contribution is 5.31. The number of hydrogen-bond acceptors (Lipinski definition) is 3. The maximum absolute atomic E-state index is 5.98. The van der Waals surface area contributed by atoms with Crippen LogP contribution in [0.15, 0.2) is 47.1 Å². The van der Waals surface area contributed by atoms with E-state index in [1.807, 2.05) is 43.3 Å². The van der Waals surface area contributed by atoms with Gasteiger partial charge in [0.15, 0.2) is 0 Å². The summed E-state index contributed by atoms with van der Waals surface area (Å²) in [4.78, 5) is 0. The molecule has 1 unspecified atom stereocenters. The van der Waals surface area contributed by atoms with E-state index in [2.05, 4.69) is 0 Å². The van der Waals surface area contributed by atoms with Gasteiger partial charge in [0.25, 0.3) is 0 Å². The van der Waals surface area contributed by atoms with Crippen LogP contribution in [-0.4, -0.2) is 12.6 Å². The maximum Gasteiger partial charge on any atom is 0.122 e. The second-order valence-electron chi connectivity index (χ2n) is 4.12. The fourth-order valence-corrected chi connectivity index (χ4v) is 1.66. The van der Waals surface area contributed by atoms with Gasteiger partial charge in [0, 0.05) is 12.5 Å². The number of benzene rings is 1. The molecule has 0 saturated heterocycles. The second kappa shape index (κ2) is 5.55. The molecule has 1 aromatic carbocycles. The lowest BCUT2D eigenvalue weighted by molar-refractivity contribution is 0.280. The lowest BCUT2D eigenvalue weighted by Crippen LogP contribution is -2.30. The molecule has 0 saturated carbocycles. The molecule has 17 heavy (non-hydrogen) atoms. The van der Waals surface area contributed by atoms with E-state index >= 15 is 0 Å². The highest BCUT2D eigenvalue weighted by atomic mass is 16.5. The molecule has 0 bridgehead atoms. The first-order valence-electron chi connectivity index (χ1n) is 5.72. The van der Waals surface area contributed by atoms with Gasteiger partial charge in [-0.05, 0) is 30.7 Å². The highest BCUT2D eigenvalue weighted by Crippen LogP contribution is 2.16. The van der Waals surface area contributed by atoms with Crippen LogP contribution in [-0.2, 0) is 6.42 Å². The number of aryl methyl sites for hydroxylation is 1. The van der Waals surface area contributed by atoms with Crippen molar-refractivity contribution < 1.29 is 9.15 Å². The molecule has 1 atom stereocenters. The summed E-state index contributed by atoms with van der Waals surface area (Å²) in [6, 6.07) is 11.7. The van der Waals surface area contributed by atoms with Gasteiger partial charge < -0.3 is 14.9 Å². The summed E-state index contributed by atoms with van der Waals surface area (Å²) in [6.07, 6.45) is 2.35. The molecule has 0 aliphatic rings. The smallest absolute Gasteiger partial charge is 0.122 e. The number of para-hydroxylation sites is 1. The van der Waals surface area contributed by atoms with E-state index in [1.54, 1.807) is 6.26 Å². The van der Waals surface area contributed by atoms with Gasteiger partial charge in [0.2, 0.25) is 0 Å². The summed E-state index contributed by atoms with van der Waals surface area (Å²) in [6.45, 7) is 2.51. The van der Waals surface area contributed by atoms with Gasteiger partial charge in [-0.2, -0.15) is 0 Å². The normalized spacial score (nSPS) is 12.4. The van der Waals surface area contributed by atoms with Crippen molar-refractivity contribution in [1.82, 2.24) is 0 Å². The highest BCUT2D eigenvalue weighted by Gasteiger charge is 2.07. The fourth-order valence-electron chi connectivity index (χ4n) is 1.66. The van der Waals surface area contributed by atoms with Crippen molar-refractivity contribution in [3.63, 3.8) is 0 Å². The average Bonchev–Trinajstić information content (AvgIpc) is 2.81. The Kier molecular flexibility index (Phi) is 3.83. The Balaban J connectivity index is 1.84. The molecule has 2 rings (SSSR count). The van der Waals surface area contributed by atoms with Crippen LogP contribution in [0.5, 0.6) is 5.75 Å². The Bertz CT molecular complexity index is 451. The first kappa shape index (κ1) is 11.7. The van der Waals surface area contributed by atoms with Gasteiger partial charge in [-0.1, -0.05) is 18.2 Å². The molecule has 2 aromatic rings. The third kappa shape index (κ3) is 3.36. The van der Waals surface area contributed by atoms with Crippen LogP contribution in [0.2, 0.25) is 0 Å². The van der Waals surface area contributed by atoms with Crippen molar-refractivity contribution in [3.05, 3.63) is 54.0 Å². The average molecular weight is 231 g/mol. The van der Waals surface area contributed by atoms with E-state index in [9.17, 15) is 0 Å². The molecule has 0 aliphatic carbocycles. The van der Waals surface area contributed by atoms with Gasteiger partial charge in [0.05, 0.1) is 6.26 Å². The Morgan fingerprint density at radius 2 is 2.06 bits per heavy atom. The summed E-state index contributed by atoms with van der Waals surface area (Å²) in [7, 11) is 0. The van der Waals surface area contributed by atoms with Crippen molar-refractivity contribution in [2.75, 3.05) is 6.61 Å². The molecule has 1 heterocycles. The minimum absolute atomic E-state index is 0.0549. The third-order valence-corrected chi connectivity index (χ3v) is 2.59. The number of hydrogen-bond donors (Lipinski definition) is 1.